The van der Waals surface area contributed by atoms with Crippen LogP contribution in [0.2, 0.25) is 0 Å². The Morgan fingerprint density at radius 3 is 2.15 bits per heavy atom. The van der Waals surface area contributed by atoms with Crippen molar-refractivity contribution in [2.75, 3.05) is 31.6 Å². The van der Waals surface area contributed by atoms with Gasteiger partial charge >= 0.3 is 0 Å². The van der Waals surface area contributed by atoms with Gasteiger partial charge in [0, 0.05) is 60.5 Å². The number of nitrogens with two attached hydrogens (primary N) is 2. The number of carbonyl (C=O) groups is 3. The van der Waals surface area contributed by atoms with Gasteiger partial charge in [-0.15, -0.1) is 0 Å². The predicted molar refractivity (Wildman–Crippen MR) is 207 cm³/mol. The summed E-state index contributed by atoms with van der Waals surface area (Å²) in [6, 6.07) is 15.1. The number of piperazine rings is 1. The molecule has 1 fully saturated rings. The molecule has 0 radical (unpaired) electrons. The van der Waals surface area contributed by atoms with Crippen molar-refractivity contribution in [2.24, 2.45) is 0 Å². The molecule has 4 aromatic heterocycles. The van der Waals surface area contributed by atoms with Crippen molar-refractivity contribution in [1.29, 1.82) is 0 Å². The Kier molecular flexibility index (Phi) is 13.4. The fourth-order valence-corrected chi connectivity index (χ4v) is 5.94. The van der Waals surface area contributed by atoms with Crippen molar-refractivity contribution >= 4 is 61.9 Å². The van der Waals surface area contributed by atoms with E-state index in [4.69, 9.17) is 18.0 Å². The van der Waals surface area contributed by atoms with Gasteiger partial charge in [0.1, 0.15) is 23.1 Å². The molecule has 1 aromatic carbocycles. The number of anilines is 2. The Morgan fingerprint density at radius 2 is 1.57 bits per heavy atom. The zero-order valence-corrected chi connectivity index (χ0v) is 32.0. The Labute approximate surface area is 316 Å². The van der Waals surface area contributed by atoms with E-state index >= 15 is 0 Å². The number of ketones is 1. The molecule has 1 aliphatic rings. The molecule has 276 valence electrons. The summed E-state index contributed by atoms with van der Waals surface area (Å²) in [5, 5.41) is 2.77. The average Bonchev–Trinajstić information content (AvgIpc) is 3.54. The molecule has 6 rings (SSSR count). The van der Waals surface area contributed by atoms with Crippen LogP contribution >= 0.6 is 15.9 Å². The monoisotopic (exact) mass is 784 g/mol. The number of amides is 2. The van der Waals surface area contributed by atoms with Gasteiger partial charge in [-0.3, -0.25) is 19.3 Å². The molecular weight excluding hydrogens is 743 g/mol. The van der Waals surface area contributed by atoms with Gasteiger partial charge < -0.3 is 26.7 Å². The second-order valence-corrected chi connectivity index (χ2v) is 13.4. The molecule has 15 heteroatoms. The van der Waals surface area contributed by atoms with Gasteiger partial charge in [-0.1, -0.05) is 18.2 Å². The van der Waals surface area contributed by atoms with Crippen LogP contribution in [-0.2, 0) is 11.3 Å². The lowest BCUT2D eigenvalue weighted by Crippen LogP contribution is -2.57. The van der Waals surface area contributed by atoms with Crippen molar-refractivity contribution in [3.8, 4) is 0 Å². The van der Waals surface area contributed by atoms with E-state index in [0.717, 1.165) is 15.7 Å². The first-order valence-electron chi connectivity index (χ1n) is 16.7. The maximum absolute atomic E-state index is 13.6. The van der Waals surface area contributed by atoms with E-state index in [1.54, 1.807) is 50.2 Å². The van der Waals surface area contributed by atoms with Crippen molar-refractivity contribution in [1.82, 2.24) is 35.1 Å². The Morgan fingerprint density at radius 1 is 0.925 bits per heavy atom. The highest BCUT2D eigenvalue weighted by Gasteiger charge is 2.33. The van der Waals surface area contributed by atoms with Crippen LogP contribution in [-0.4, -0.2) is 79.6 Å². The van der Waals surface area contributed by atoms with Crippen LogP contribution in [0.5, 0.6) is 0 Å². The number of Topliss-reactive ketones (excluding diaryl/α,β-unsaturated/α-hetero) is 1. The highest BCUT2D eigenvalue weighted by molar-refractivity contribution is 9.10. The summed E-state index contributed by atoms with van der Waals surface area (Å²) in [7, 11) is 1.39. The molecule has 5 heterocycles. The SMILES string of the molecule is CNC(=O)C(=O)c1c[nH]c2nc(C)c(C(=O)N3C[C@H](C)N(Cc4ccc(F)cc4)C[C@H]3C)cc12.Cc1nc(N)ccc1Br.[C-]#[N+]c1ccc(N)nc1C. The van der Waals surface area contributed by atoms with Gasteiger partial charge in [0.2, 0.25) is 5.69 Å². The summed E-state index contributed by atoms with van der Waals surface area (Å²) < 4.78 is 14.2. The lowest BCUT2D eigenvalue weighted by Gasteiger charge is -2.44. The largest absolute Gasteiger partial charge is 0.384 e. The molecule has 1 saturated heterocycles. The molecule has 5 aromatic rings. The highest BCUT2D eigenvalue weighted by Crippen LogP contribution is 2.25. The molecule has 1 aliphatic heterocycles. The lowest BCUT2D eigenvalue weighted by molar-refractivity contribution is -0.116. The number of H-pyrrole nitrogens is 1. The quantitative estimate of drug-likeness (QED) is 0.0954. The van der Waals surface area contributed by atoms with Gasteiger partial charge in [-0.05, 0) is 92.5 Å². The third-order valence-electron chi connectivity index (χ3n) is 8.68. The van der Waals surface area contributed by atoms with Crippen molar-refractivity contribution in [3.63, 3.8) is 0 Å². The first kappa shape index (κ1) is 40.1. The number of carbonyl (C=O) groups excluding carboxylic acids is 3. The van der Waals surface area contributed by atoms with Crippen LogP contribution in [0, 0.1) is 33.2 Å². The number of fused-ring (bicyclic) bond motifs is 1. The second kappa shape index (κ2) is 17.7. The van der Waals surface area contributed by atoms with E-state index in [-0.39, 0.29) is 29.4 Å². The van der Waals surface area contributed by atoms with E-state index < -0.39 is 11.7 Å². The highest BCUT2D eigenvalue weighted by atomic mass is 79.9. The summed E-state index contributed by atoms with van der Waals surface area (Å²) in [5.74, 6) is -0.805. The van der Waals surface area contributed by atoms with Crippen LogP contribution in [0.25, 0.3) is 15.9 Å². The van der Waals surface area contributed by atoms with E-state index in [2.05, 4.69) is 57.9 Å². The van der Waals surface area contributed by atoms with E-state index in [1.165, 1.54) is 25.4 Å². The number of nitrogen functional groups attached to an aromatic ring is 2. The molecule has 0 spiro atoms. The number of likely N-dealkylation sites (N-methyl/N-ethyl adjacent to an activating group) is 1. The van der Waals surface area contributed by atoms with Gasteiger partial charge in [-0.2, -0.15) is 0 Å². The molecule has 13 nitrogen and oxygen atoms in total. The molecule has 0 saturated carbocycles. The van der Waals surface area contributed by atoms with E-state index in [1.807, 2.05) is 24.8 Å². The maximum atomic E-state index is 13.6. The molecule has 0 unspecified atom stereocenters. The lowest BCUT2D eigenvalue weighted by atomic mass is 10.0. The number of pyridine rings is 3. The van der Waals surface area contributed by atoms with Gasteiger partial charge in [0.25, 0.3) is 17.6 Å². The molecule has 2 atom stereocenters. The topological polar surface area (TPSA) is 181 Å². The smallest absolute Gasteiger partial charge is 0.292 e. The minimum atomic E-state index is -0.728. The summed E-state index contributed by atoms with van der Waals surface area (Å²) in [6.07, 6.45) is 1.45. The third kappa shape index (κ3) is 10.00. The summed E-state index contributed by atoms with van der Waals surface area (Å²) in [5.41, 5.74) is 15.6. The number of hydrogen-bond acceptors (Lipinski definition) is 9. The number of halogens is 2. The zero-order valence-electron chi connectivity index (χ0n) is 30.4. The number of nitrogens with one attached hydrogen (secondary N) is 2. The molecule has 2 amide bonds. The van der Waals surface area contributed by atoms with Crippen LogP contribution in [0.1, 0.15) is 57.2 Å². The summed E-state index contributed by atoms with van der Waals surface area (Å²) in [4.78, 5) is 60.5. The van der Waals surface area contributed by atoms with Crippen molar-refractivity contribution in [2.45, 2.75) is 53.2 Å². The minimum absolute atomic E-state index is 0.0579. The first-order chi connectivity index (χ1) is 25.1. The number of nitrogens with zero attached hydrogens (tertiary/aromatic N) is 6. The first-order valence-corrected chi connectivity index (χ1v) is 17.5. The molecule has 6 N–H and O–H groups in total. The summed E-state index contributed by atoms with van der Waals surface area (Å²) >= 11 is 3.31. The number of hydrogen-bond donors (Lipinski definition) is 4. The molecule has 0 bridgehead atoms. The number of aryl methyl sites for hydroxylation is 3. The molecular formula is C38H42BrFN10O3. The fraction of sp³-hybridized carbons (Fsp3) is 0.289. The summed E-state index contributed by atoms with van der Waals surface area (Å²) in [6.45, 7) is 18.1. The number of rotatable bonds is 5. The van der Waals surface area contributed by atoms with Gasteiger partial charge in [-0.25, -0.2) is 24.2 Å². The van der Waals surface area contributed by atoms with Crippen molar-refractivity contribution < 1.29 is 18.8 Å². The van der Waals surface area contributed by atoms with Crippen LogP contribution in [0.4, 0.5) is 21.7 Å². The maximum Gasteiger partial charge on any atom is 0.292 e. The van der Waals surface area contributed by atoms with Crippen LogP contribution < -0.4 is 16.8 Å². The normalized spacial score (nSPS) is 15.3. The van der Waals surface area contributed by atoms with Crippen LogP contribution in [0.3, 0.4) is 0 Å². The Bertz CT molecular complexity index is 2170. The Balaban J connectivity index is 0.000000267. The molecule has 0 aliphatic carbocycles. The van der Waals surface area contributed by atoms with Gasteiger partial charge in [0.05, 0.1) is 29.1 Å². The Hall–Kier alpha value is -5.72. The van der Waals surface area contributed by atoms with Gasteiger partial charge in [0.15, 0.2) is 0 Å². The van der Waals surface area contributed by atoms with Crippen LogP contribution in [0.15, 0.2) is 65.3 Å². The van der Waals surface area contributed by atoms with E-state index in [0.29, 0.717) is 64.9 Å². The second-order valence-electron chi connectivity index (χ2n) is 12.6. The minimum Gasteiger partial charge on any atom is -0.384 e. The van der Waals surface area contributed by atoms with Crippen molar-refractivity contribution in [3.05, 3.63) is 116 Å². The molecule has 53 heavy (non-hydrogen) atoms. The standard InChI is InChI=1S/C25H28FN5O3.C7H7N3.C6H7BrN2/c1-14-12-31(15(2)11-30(14)13-17-5-7-18(26)8-6-17)25(34)19-9-20-21(22(32)24(33)27-4)10-28-23(20)29-16(19)3;1-5-6(9-2)3-4-7(8)10-5;1-4-5(7)2-3-6(8)9-4/h5-10,14-15H,11-13H2,1-4H3,(H,27,33)(H,28,29);3-4H,1H3,(H2,8,10);2-3H,1H3,(H2,8,9)/t14-,15+;;/m0../s1. The average molecular weight is 786 g/mol. The third-order valence-corrected chi connectivity index (χ3v) is 9.52. The van der Waals surface area contributed by atoms with E-state index in [9.17, 15) is 18.8 Å². The predicted octanol–water partition coefficient (Wildman–Crippen LogP) is 5.93. The number of aromatic nitrogens is 4. The number of aromatic amines is 1. The number of benzene rings is 1. The fourth-order valence-electron chi connectivity index (χ4n) is 5.71. The zero-order chi connectivity index (χ0) is 39.0.